The number of ether oxygens (including phenoxy) is 1. The van der Waals surface area contributed by atoms with Crippen LogP contribution in [0.25, 0.3) is 10.9 Å². The van der Waals surface area contributed by atoms with Crippen LogP contribution in [-0.2, 0) is 27.8 Å². The van der Waals surface area contributed by atoms with E-state index in [4.69, 9.17) is 16.3 Å². The summed E-state index contributed by atoms with van der Waals surface area (Å²) < 4.78 is 38.4. The quantitative estimate of drug-likeness (QED) is 0.230. The summed E-state index contributed by atoms with van der Waals surface area (Å²) >= 11 is 6.67. The van der Waals surface area contributed by atoms with Gasteiger partial charge < -0.3 is 19.7 Å². The number of alkyl halides is 1. The molecule has 0 radical (unpaired) electrons. The minimum absolute atomic E-state index is 0.0760. The molecule has 3 fully saturated rings. The summed E-state index contributed by atoms with van der Waals surface area (Å²) in [6, 6.07) is 9.86. The van der Waals surface area contributed by atoms with Gasteiger partial charge >= 0.3 is 5.97 Å². The number of para-hydroxylation sites is 1. The molecular weight excluding hydrogens is 680 g/mol. The molecule has 2 saturated heterocycles. The van der Waals surface area contributed by atoms with Crippen LogP contribution in [-0.4, -0.2) is 105 Å². The maximum Gasteiger partial charge on any atom is 0.306 e. The fourth-order valence-corrected chi connectivity index (χ4v) is 8.64. The van der Waals surface area contributed by atoms with Crippen molar-refractivity contribution in [1.29, 1.82) is 0 Å². The van der Waals surface area contributed by atoms with E-state index < -0.39 is 36.1 Å². The molecule has 1 aromatic heterocycles. The lowest BCUT2D eigenvalue weighted by Gasteiger charge is -2.55. The van der Waals surface area contributed by atoms with E-state index in [0.717, 1.165) is 29.8 Å². The van der Waals surface area contributed by atoms with Crippen LogP contribution in [0.5, 0.6) is 0 Å². The number of carboxylic acids is 1. The summed E-state index contributed by atoms with van der Waals surface area (Å²) in [4.78, 5) is 46.2. The van der Waals surface area contributed by atoms with Crippen molar-refractivity contribution in [3.8, 4) is 0 Å². The molecule has 10 nitrogen and oxygen atoms in total. The number of piperazine rings is 1. The van der Waals surface area contributed by atoms with Crippen molar-refractivity contribution >= 4 is 45.9 Å². The first-order valence-electron chi connectivity index (χ1n) is 18.0. The number of amides is 1. The van der Waals surface area contributed by atoms with Gasteiger partial charge in [-0.1, -0.05) is 29.8 Å². The summed E-state index contributed by atoms with van der Waals surface area (Å²) in [5.41, 5.74) is 1.46. The number of nitrogens with one attached hydrogen (secondary N) is 1. The van der Waals surface area contributed by atoms with Gasteiger partial charge in [0.25, 0.3) is 5.91 Å². The fraction of sp³-hybridized carbons (Fsp3) is 0.553. The molecule has 276 valence electrons. The Balaban J connectivity index is 1.30. The standard InChI is InChI=1S/C38H48ClF2N5O5/c1-24-21-45(22-25(2)46(24)17-14-40)38(44-15-6-7-16-44,51-28-12-10-26(11-13-28)37(49)50)35(47)19-27-18-31(39)33(20-32(27)41)42-36(48)30-23-43(3)34-9-5-4-8-29(30)34/h4-5,8-9,18,20,23-26,28H,6-7,10-17,19,21-22H2,1-3H3,(H,42,48)(H,49,50)/t24-,25-,26-,28-,38?/m0/s1. The van der Waals surface area contributed by atoms with Gasteiger partial charge in [-0.2, -0.15) is 0 Å². The minimum atomic E-state index is -1.54. The van der Waals surface area contributed by atoms with E-state index in [1.807, 2.05) is 54.6 Å². The molecule has 1 unspecified atom stereocenters. The molecule has 6 rings (SSSR count). The van der Waals surface area contributed by atoms with E-state index >= 15 is 4.39 Å². The second-order valence-electron chi connectivity index (χ2n) is 14.4. The first-order valence-corrected chi connectivity index (χ1v) is 18.4. The number of rotatable bonds is 12. The number of carboxylic acid groups (broad SMARTS) is 1. The third kappa shape index (κ3) is 7.57. The molecule has 1 aliphatic carbocycles. The second-order valence-corrected chi connectivity index (χ2v) is 14.8. The molecule has 1 saturated carbocycles. The number of halogens is 3. The highest BCUT2D eigenvalue weighted by molar-refractivity contribution is 6.34. The van der Waals surface area contributed by atoms with Crippen molar-refractivity contribution < 1.29 is 33.0 Å². The molecule has 0 bridgehead atoms. The number of carbonyl (C=O) groups excluding carboxylic acids is 2. The predicted molar refractivity (Wildman–Crippen MR) is 192 cm³/mol. The highest BCUT2D eigenvalue weighted by Gasteiger charge is 2.54. The fourth-order valence-electron chi connectivity index (χ4n) is 8.41. The number of aryl methyl sites for hydroxylation is 1. The maximum atomic E-state index is 16.0. The molecular formula is C38H48ClF2N5O5. The lowest BCUT2D eigenvalue weighted by atomic mass is 9.87. The molecule has 0 spiro atoms. The highest BCUT2D eigenvalue weighted by atomic mass is 35.5. The average Bonchev–Trinajstić information content (AvgIpc) is 3.76. The van der Waals surface area contributed by atoms with Crippen LogP contribution in [0.2, 0.25) is 5.02 Å². The number of ketones is 1. The van der Waals surface area contributed by atoms with Crippen molar-refractivity contribution in [3.05, 3.63) is 64.6 Å². The predicted octanol–water partition coefficient (Wildman–Crippen LogP) is 6.11. The lowest BCUT2D eigenvalue weighted by Crippen LogP contribution is -2.73. The Morgan fingerprint density at radius 2 is 1.69 bits per heavy atom. The molecule has 2 N–H and O–H groups in total. The van der Waals surface area contributed by atoms with Gasteiger partial charge in [-0.3, -0.25) is 29.1 Å². The summed E-state index contributed by atoms with van der Waals surface area (Å²) in [5, 5.41) is 13.2. The largest absolute Gasteiger partial charge is 0.481 e. The number of hydrogen-bond donors (Lipinski definition) is 2. The first kappa shape index (κ1) is 37.3. The summed E-state index contributed by atoms with van der Waals surface area (Å²) in [6.07, 6.45) is 4.59. The topological polar surface area (TPSA) is 107 Å². The van der Waals surface area contributed by atoms with Crippen LogP contribution in [0.15, 0.2) is 42.6 Å². The van der Waals surface area contributed by atoms with Gasteiger partial charge in [0.05, 0.1) is 28.3 Å². The third-order valence-corrected chi connectivity index (χ3v) is 11.3. The molecule has 2 aromatic carbocycles. The molecule has 2 aliphatic heterocycles. The molecule has 51 heavy (non-hydrogen) atoms. The van der Waals surface area contributed by atoms with Crippen LogP contribution in [0, 0.1) is 11.7 Å². The van der Waals surface area contributed by atoms with Gasteiger partial charge in [0, 0.05) is 75.4 Å². The van der Waals surface area contributed by atoms with E-state index in [2.05, 4.69) is 15.1 Å². The van der Waals surface area contributed by atoms with Crippen molar-refractivity contribution in [2.75, 3.05) is 44.7 Å². The number of carbonyl (C=O) groups is 3. The van der Waals surface area contributed by atoms with E-state index in [-0.39, 0.29) is 53.2 Å². The molecule has 1 amide bonds. The van der Waals surface area contributed by atoms with Crippen molar-refractivity contribution in [1.82, 2.24) is 19.3 Å². The van der Waals surface area contributed by atoms with Crippen LogP contribution in [0.3, 0.4) is 0 Å². The Hall–Kier alpha value is -3.42. The molecule has 3 aliphatic rings. The average molecular weight is 728 g/mol. The summed E-state index contributed by atoms with van der Waals surface area (Å²) in [6.45, 7) is 5.90. The van der Waals surface area contributed by atoms with Crippen LogP contribution >= 0.6 is 11.6 Å². The minimum Gasteiger partial charge on any atom is -0.481 e. The molecule has 3 atom stereocenters. The Bertz CT molecular complexity index is 1750. The monoisotopic (exact) mass is 727 g/mol. The third-order valence-electron chi connectivity index (χ3n) is 11.0. The Morgan fingerprint density at radius 1 is 1.02 bits per heavy atom. The zero-order valence-electron chi connectivity index (χ0n) is 29.5. The smallest absolute Gasteiger partial charge is 0.306 e. The van der Waals surface area contributed by atoms with E-state index in [1.54, 1.807) is 6.20 Å². The first-order chi connectivity index (χ1) is 24.4. The number of Topliss-reactive ketones (excluding diaryl/α,β-unsaturated/α-hetero) is 1. The zero-order valence-corrected chi connectivity index (χ0v) is 30.3. The number of fused-ring (bicyclic) bond motifs is 1. The van der Waals surface area contributed by atoms with E-state index in [9.17, 15) is 23.9 Å². The zero-order chi connectivity index (χ0) is 36.4. The van der Waals surface area contributed by atoms with Gasteiger partial charge in [-0.15, -0.1) is 0 Å². The second kappa shape index (κ2) is 15.7. The van der Waals surface area contributed by atoms with Gasteiger partial charge in [-0.25, -0.2) is 8.78 Å². The van der Waals surface area contributed by atoms with Crippen LogP contribution in [0.4, 0.5) is 14.5 Å². The highest BCUT2D eigenvalue weighted by Crippen LogP contribution is 2.38. The number of benzene rings is 2. The molecule has 13 heteroatoms. The Kier molecular flexibility index (Phi) is 11.5. The van der Waals surface area contributed by atoms with E-state index in [0.29, 0.717) is 57.4 Å². The number of likely N-dealkylation sites (tertiary alicyclic amines) is 1. The number of aliphatic carboxylic acids is 1. The van der Waals surface area contributed by atoms with Crippen LogP contribution in [0.1, 0.15) is 68.3 Å². The lowest BCUT2D eigenvalue weighted by molar-refractivity contribution is -0.266. The number of nitrogens with zero attached hydrogens (tertiary/aromatic N) is 4. The number of aromatic nitrogens is 1. The summed E-state index contributed by atoms with van der Waals surface area (Å²) in [5.74, 6) is -4.29. The maximum absolute atomic E-state index is 16.0. The van der Waals surface area contributed by atoms with Crippen molar-refractivity contribution in [2.45, 2.75) is 82.8 Å². The normalized spacial score (nSPS) is 24.8. The summed E-state index contributed by atoms with van der Waals surface area (Å²) in [7, 11) is 1.84. The SMILES string of the molecule is C[C@H]1CN(C(O[C@H]2CC[C@H](C(=O)O)CC2)(C(=O)Cc2cc(Cl)c(NC(=O)c3cn(C)c4ccccc34)cc2F)N2CCCC2)C[C@H](C)N1CCF. The Morgan fingerprint density at radius 3 is 2.33 bits per heavy atom. The van der Waals surface area contributed by atoms with Gasteiger partial charge in [0.15, 0.2) is 5.78 Å². The van der Waals surface area contributed by atoms with Crippen LogP contribution < -0.4 is 5.32 Å². The van der Waals surface area contributed by atoms with Crippen molar-refractivity contribution in [2.24, 2.45) is 13.0 Å². The van der Waals surface area contributed by atoms with E-state index in [1.165, 1.54) is 6.07 Å². The van der Waals surface area contributed by atoms with Gasteiger partial charge in [-0.05, 0) is 76.1 Å². The Labute approximate surface area is 302 Å². The van der Waals surface area contributed by atoms with Gasteiger partial charge in [0.2, 0.25) is 5.85 Å². The number of hydrogen-bond acceptors (Lipinski definition) is 7. The number of anilines is 1. The van der Waals surface area contributed by atoms with Crippen molar-refractivity contribution in [3.63, 3.8) is 0 Å². The molecule has 3 heterocycles. The molecule has 3 aromatic rings. The van der Waals surface area contributed by atoms with Gasteiger partial charge in [0.1, 0.15) is 12.5 Å².